The molecular weight excluding hydrogens is 200 g/mol. The third-order valence-electron chi connectivity index (χ3n) is 2.44. The van der Waals surface area contributed by atoms with Gasteiger partial charge >= 0.3 is 0 Å². The number of rotatable bonds is 4. The predicted octanol–water partition coefficient (Wildman–Crippen LogP) is 1.94. The molecule has 16 heavy (non-hydrogen) atoms. The molecule has 0 unspecified atom stereocenters. The van der Waals surface area contributed by atoms with E-state index in [1.54, 1.807) is 6.08 Å². The Kier molecular flexibility index (Phi) is 3.05. The van der Waals surface area contributed by atoms with E-state index in [9.17, 15) is 4.79 Å². The fraction of sp³-hybridized carbons (Fsp3) is 0.154. The number of para-hydroxylation sites is 1. The number of nitrogens with one attached hydrogen (secondary N) is 1. The summed E-state index contributed by atoms with van der Waals surface area (Å²) in [6.45, 7) is 4.42. The first-order valence-electron chi connectivity index (χ1n) is 5.23. The second kappa shape index (κ2) is 4.66. The van der Waals surface area contributed by atoms with Gasteiger partial charge in [-0.15, -0.1) is 6.58 Å². The van der Waals surface area contributed by atoms with E-state index in [1.807, 2.05) is 41.1 Å². The van der Waals surface area contributed by atoms with E-state index in [4.69, 9.17) is 0 Å². The highest BCUT2D eigenvalue weighted by Crippen LogP contribution is 2.14. The Labute approximate surface area is 94.4 Å². The predicted molar refractivity (Wildman–Crippen MR) is 65.1 cm³/mol. The maximum absolute atomic E-state index is 11.5. The quantitative estimate of drug-likeness (QED) is 0.775. The molecule has 1 aromatic carbocycles. The Hall–Kier alpha value is -2.03. The maximum atomic E-state index is 11.5. The van der Waals surface area contributed by atoms with Gasteiger partial charge in [-0.1, -0.05) is 24.3 Å². The molecule has 0 saturated carbocycles. The van der Waals surface area contributed by atoms with Crippen molar-refractivity contribution in [3.8, 4) is 0 Å². The first-order chi connectivity index (χ1) is 7.81. The molecule has 1 aromatic heterocycles. The number of nitrogens with zero attached hydrogens (tertiary/aromatic N) is 1. The fourth-order valence-corrected chi connectivity index (χ4v) is 1.68. The number of benzene rings is 1. The normalized spacial score (nSPS) is 10.2. The van der Waals surface area contributed by atoms with Crippen LogP contribution in [-0.4, -0.2) is 17.0 Å². The van der Waals surface area contributed by atoms with Gasteiger partial charge in [0.15, 0.2) is 0 Å². The van der Waals surface area contributed by atoms with Crippen LogP contribution >= 0.6 is 0 Å². The highest BCUT2D eigenvalue weighted by Gasteiger charge is 2.04. The van der Waals surface area contributed by atoms with Gasteiger partial charge in [0.25, 0.3) is 0 Å². The summed E-state index contributed by atoms with van der Waals surface area (Å²) in [5.74, 6) is 0.00116. The first kappa shape index (κ1) is 10.5. The summed E-state index contributed by atoms with van der Waals surface area (Å²) in [7, 11) is 0. The van der Waals surface area contributed by atoms with Gasteiger partial charge in [-0.05, 0) is 17.5 Å². The molecule has 3 nitrogen and oxygen atoms in total. The van der Waals surface area contributed by atoms with E-state index >= 15 is 0 Å². The molecule has 3 heteroatoms. The van der Waals surface area contributed by atoms with Crippen molar-refractivity contribution < 1.29 is 4.79 Å². The molecular formula is C13H14N2O. The molecule has 0 radical (unpaired) electrons. The van der Waals surface area contributed by atoms with Crippen LogP contribution in [0.2, 0.25) is 0 Å². The molecule has 0 bridgehead atoms. The highest BCUT2D eigenvalue weighted by atomic mass is 16.1. The number of hydrogen-bond acceptors (Lipinski definition) is 1. The lowest BCUT2D eigenvalue weighted by atomic mass is 10.2. The van der Waals surface area contributed by atoms with Crippen LogP contribution in [0.3, 0.4) is 0 Å². The second-order valence-corrected chi connectivity index (χ2v) is 3.60. The minimum Gasteiger partial charge on any atom is -0.351 e. The third kappa shape index (κ3) is 2.14. The van der Waals surface area contributed by atoms with E-state index in [1.165, 1.54) is 0 Å². The molecule has 2 aromatic rings. The lowest BCUT2D eigenvalue weighted by molar-refractivity contribution is -0.121. The van der Waals surface area contributed by atoms with Crippen LogP contribution in [-0.2, 0) is 11.3 Å². The van der Waals surface area contributed by atoms with Crippen molar-refractivity contribution in [2.45, 2.75) is 6.54 Å². The molecule has 0 aliphatic carbocycles. The zero-order valence-corrected chi connectivity index (χ0v) is 9.02. The summed E-state index contributed by atoms with van der Waals surface area (Å²) in [6.07, 6.45) is 3.60. The van der Waals surface area contributed by atoms with Gasteiger partial charge in [-0.25, -0.2) is 0 Å². The van der Waals surface area contributed by atoms with Gasteiger partial charge in [0.1, 0.15) is 6.54 Å². The van der Waals surface area contributed by atoms with Crippen LogP contribution < -0.4 is 5.32 Å². The van der Waals surface area contributed by atoms with Gasteiger partial charge in [-0.2, -0.15) is 0 Å². The number of carbonyl (C=O) groups is 1. The molecule has 1 heterocycles. The van der Waals surface area contributed by atoms with E-state index < -0.39 is 0 Å². The summed E-state index contributed by atoms with van der Waals surface area (Å²) in [4.78, 5) is 11.5. The van der Waals surface area contributed by atoms with E-state index in [0.717, 1.165) is 10.9 Å². The van der Waals surface area contributed by atoms with Crippen molar-refractivity contribution in [1.29, 1.82) is 0 Å². The zero-order chi connectivity index (χ0) is 11.4. The molecule has 0 saturated heterocycles. The topological polar surface area (TPSA) is 34.0 Å². The minimum absolute atomic E-state index is 0.00116. The lowest BCUT2D eigenvalue weighted by Gasteiger charge is -2.05. The Bertz CT molecular complexity index is 513. The lowest BCUT2D eigenvalue weighted by Crippen LogP contribution is -2.27. The standard InChI is InChI=1S/C13H14N2O/c1-2-8-14-13(16)10-15-9-7-11-5-3-4-6-12(11)15/h2-7,9H,1,8,10H2,(H,14,16). The van der Waals surface area contributed by atoms with Crippen LogP contribution in [0.5, 0.6) is 0 Å². The Morgan fingerprint density at radius 2 is 2.19 bits per heavy atom. The Morgan fingerprint density at radius 3 is 3.00 bits per heavy atom. The molecule has 0 aliphatic heterocycles. The zero-order valence-electron chi connectivity index (χ0n) is 9.02. The maximum Gasteiger partial charge on any atom is 0.240 e. The minimum atomic E-state index is 0.00116. The fourth-order valence-electron chi connectivity index (χ4n) is 1.68. The smallest absolute Gasteiger partial charge is 0.240 e. The SMILES string of the molecule is C=CCNC(=O)Cn1ccc2ccccc21. The number of aromatic nitrogens is 1. The second-order valence-electron chi connectivity index (χ2n) is 3.60. The molecule has 82 valence electrons. The van der Waals surface area contributed by atoms with Crippen molar-refractivity contribution in [3.63, 3.8) is 0 Å². The van der Waals surface area contributed by atoms with Crippen LogP contribution in [0.15, 0.2) is 49.2 Å². The van der Waals surface area contributed by atoms with Crippen molar-refractivity contribution >= 4 is 16.8 Å². The first-order valence-corrected chi connectivity index (χ1v) is 5.23. The van der Waals surface area contributed by atoms with E-state index in [2.05, 4.69) is 11.9 Å². The summed E-state index contributed by atoms with van der Waals surface area (Å²) in [5, 5.41) is 3.91. The largest absolute Gasteiger partial charge is 0.351 e. The van der Waals surface area contributed by atoms with Crippen molar-refractivity contribution in [1.82, 2.24) is 9.88 Å². The van der Waals surface area contributed by atoms with Crippen LogP contribution in [0.25, 0.3) is 10.9 Å². The number of amides is 1. The van der Waals surface area contributed by atoms with Crippen LogP contribution in [0, 0.1) is 0 Å². The Balaban J connectivity index is 2.15. The monoisotopic (exact) mass is 214 g/mol. The van der Waals surface area contributed by atoms with Crippen molar-refractivity contribution in [3.05, 3.63) is 49.2 Å². The highest BCUT2D eigenvalue weighted by molar-refractivity contribution is 5.83. The number of fused-ring (bicyclic) bond motifs is 1. The molecule has 0 spiro atoms. The summed E-state index contributed by atoms with van der Waals surface area (Å²) in [6, 6.07) is 10.0. The number of carbonyl (C=O) groups excluding carboxylic acids is 1. The van der Waals surface area contributed by atoms with E-state index in [-0.39, 0.29) is 5.91 Å². The molecule has 1 N–H and O–H groups in total. The molecule has 0 fully saturated rings. The van der Waals surface area contributed by atoms with Gasteiger partial charge in [-0.3, -0.25) is 4.79 Å². The van der Waals surface area contributed by atoms with Gasteiger partial charge in [0, 0.05) is 18.3 Å². The third-order valence-corrected chi connectivity index (χ3v) is 2.44. The molecule has 2 rings (SSSR count). The van der Waals surface area contributed by atoms with Gasteiger partial charge in [0.2, 0.25) is 5.91 Å². The molecule has 0 aliphatic rings. The van der Waals surface area contributed by atoms with Crippen molar-refractivity contribution in [2.75, 3.05) is 6.54 Å². The number of hydrogen-bond donors (Lipinski definition) is 1. The van der Waals surface area contributed by atoms with Crippen LogP contribution in [0.1, 0.15) is 0 Å². The van der Waals surface area contributed by atoms with Gasteiger partial charge < -0.3 is 9.88 Å². The Morgan fingerprint density at radius 1 is 1.38 bits per heavy atom. The summed E-state index contributed by atoms with van der Waals surface area (Å²) in [5.41, 5.74) is 1.08. The molecule has 1 amide bonds. The molecule has 0 atom stereocenters. The van der Waals surface area contributed by atoms with Gasteiger partial charge in [0.05, 0.1) is 0 Å². The van der Waals surface area contributed by atoms with E-state index in [0.29, 0.717) is 13.1 Å². The summed E-state index contributed by atoms with van der Waals surface area (Å²) >= 11 is 0. The van der Waals surface area contributed by atoms with Crippen LogP contribution in [0.4, 0.5) is 0 Å². The average molecular weight is 214 g/mol. The van der Waals surface area contributed by atoms with Crippen molar-refractivity contribution in [2.24, 2.45) is 0 Å². The average Bonchev–Trinajstić information content (AvgIpc) is 2.70. The summed E-state index contributed by atoms with van der Waals surface area (Å²) < 4.78 is 1.94.